The highest BCUT2D eigenvalue weighted by Crippen LogP contribution is 2.42. The van der Waals surface area contributed by atoms with Crippen LogP contribution in [0.25, 0.3) is 0 Å². The summed E-state index contributed by atoms with van der Waals surface area (Å²) in [6.45, 7) is 0. The van der Waals surface area contributed by atoms with Crippen molar-refractivity contribution in [3.05, 3.63) is 21.0 Å². The first-order chi connectivity index (χ1) is 7.29. The van der Waals surface area contributed by atoms with E-state index in [-0.39, 0.29) is 3.57 Å². The maximum absolute atomic E-state index is 12.6. The molecular weight excluding hydrogens is 348 g/mol. The number of hydrogen-bond acceptors (Lipinski definition) is 2. The Morgan fingerprint density at radius 2 is 1.94 bits per heavy atom. The second-order valence-electron chi connectivity index (χ2n) is 2.70. The highest BCUT2D eigenvalue weighted by molar-refractivity contribution is 14.1. The summed E-state index contributed by atoms with van der Waals surface area (Å²) in [4.78, 5) is 3.24. The normalized spacial score (nSPS) is 12.0. The van der Waals surface area contributed by atoms with Crippen molar-refractivity contribution in [1.29, 1.82) is 0 Å². The number of rotatable bonds is 2. The molecule has 0 amide bonds. The molecule has 2 nitrogen and oxygen atoms in total. The molecule has 8 heteroatoms. The average Bonchev–Trinajstić information content (AvgIpc) is 2.14. The average molecular weight is 353 g/mol. The number of ether oxygens (including phenoxy) is 1. The van der Waals surface area contributed by atoms with Crippen LogP contribution in [0.15, 0.2) is 6.20 Å². The van der Waals surface area contributed by atoms with Crippen molar-refractivity contribution in [2.45, 2.75) is 12.6 Å². The van der Waals surface area contributed by atoms with Gasteiger partial charge in [-0.2, -0.15) is 13.2 Å². The van der Waals surface area contributed by atoms with Crippen molar-refractivity contribution in [1.82, 2.24) is 4.98 Å². The standard InChI is InChI=1S/C8H5F5INO/c1-16-6-4(8(11,12)13)3(14)2-15-5(6)7(9)10/h2,7H,1H3. The van der Waals surface area contributed by atoms with Crippen molar-refractivity contribution in [3.8, 4) is 5.75 Å². The highest BCUT2D eigenvalue weighted by atomic mass is 127. The number of pyridine rings is 1. The van der Waals surface area contributed by atoms with E-state index in [1.54, 1.807) is 0 Å². The second-order valence-corrected chi connectivity index (χ2v) is 3.86. The molecule has 90 valence electrons. The van der Waals surface area contributed by atoms with E-state index in [4.69, 9.17) is 0 Å². The van der Waals surface area contributed by atoms with Crippen molar-refractivity contribution in [2.75, 3.05) is 7.11 Å². The first-order valence-electron chi connectivity index (χ1n) is 3.86. The maximum atomic E-state index is 12.6. The number of halogens is 6. The van der Waals surface area contributed by atoms with Crippen LogP contribution < -0.4 is 4.74 Å². The van der Waals surface area contributed by atoms with Crippen LogP contribution in [0, 0.1) is 3.57 Å². The summed E-state index contributed by atoms with van der Waals surface area (Å²) in [6.07, 6.45) is -7.13. The lowest BCUT2D eigenvalue weighted by molar-refractivity contribution is -0.139. The maximum Gasteiger partial charge on any atom is 0.421 e. The molecule has 0 radical (unpaired) electrons. The summed E-state index contributed by atoms with van der Waals surface area (Å²) in [5, 5.41) is 0. The zero-order valence-corrected chi connectivity index (χ0v) is 9.94. The van der Waals surface area contributed by atoms with Gasteiger partial charge in [-0.05, 0) is 22.6 Å². The van der Waals surface area contributed by atoms with Crippen LogP contribution >= 0.6 is 22.6 Å². The molecule has 0 fully saturated rings. The van der Waals surface area contributed by atoms with Crippen molar-refractivity contribution in [2.24, 2.45) is 0 Å². The van der Waals surface area contributed by atoms with Gasteiger partial charge in [0.2, 0.25) is 0 Å². The number of hydrogen-bond donors (Lipinski definition) is 0. The molecule has 1 aromatic rings. The van der Waals surface area contributed by atoms with E-state index in [0.29, 0.717) is 0 Å². The molecule has 1 heterocycles. The van der Waals surface area contributed by atoms with Crippen LogP contribution in [-0.2, 0) is 6.18 Å². The Bertz CT molecular complexity index is 393. The first kappa shape index (κ1) is 13.4. The number of alkyl halides is 5. The van der Waals surface area contributed by atoms with Gasteiger partial charge < -0.3 is 4.74 Å². The molecule has 0 aliphatic heterocycles. The van der Waals surface area contributed by atoms with E-state index in [1.165, 1.54) is 22.6 Å². The summed E-state index contributed by atoms with van der Waals surface area (Å²) in [7, 11) is 0.897. The quantitative estimate of drug-likeness (QED) is 0.598. The molecule has 0 bridgehead atoms. The largest absolute Gasteiger partial charge is 0.494 e. The molecule has 0 aliphatic carbocycles. The molecule has 0 unspecified atom stereocenters. The minimum atomic E-state index is -4.76. The van der Waals surface area contributed by atoms with Crippen LogP contribution in [0.5, 0.6) is 5.75 Å². The van der Waals surface area contributed by atoms with E-state index in [9.17, 15) is 22.0 Å². The van der Waals surface area contributed by atoms with E-state index < -0.39 is 29.6 Å². The first-order valence-corrected chi connectivity index (χ1v) is 4.94. The molecule has 0 aromatic carbocycles. The van der Waals surface area contributed by atoms with Gasteiger partial charge >= 0.3 is 6.18 Å². The molecule has 1 aromatic heterocycles. The molecular formula is C8H5F5INO. The molecule has 0 saturated heterocycles. The fraction of sp³-hybridized carbons (Fsp3) is 0.375. The molecule has 1 rings (SSSR count). The molecule has 16 heavy (non-hydrogen) atoms. The summed E-state index contributed by atoms with van der Waals surface area (Å²) in [6, 6.07) is 0. The monoisotopic (exact) mass is 353 g/mol. The molecule has 0 spiro atoms. The molecule has 0 saturated carbocycles. The third-order valence-corrected chi connectivity index (χ3v) is 2.53. The summed E-state index contributed by atoms with van der Waals surface area (Å²) >= 11 is 1.37. The lowest BCUT2D eigenvalue weighted by Crippen LogP contribution is -2.13. The Balaban J connectivity index is 3.51. The Kier molecular flexibility index (Phi) is 3.92. The minimum absolute atomic E-state index is 0.286. The predicted molar refractivity (Wildman–Crippen MR) is 53.5 cm³/mol. The van der Waals surface area contributed by atoms with Crippen LogP contribution in [0.2, 0.25) is 0 Å². The van der Waals surface area contributed by atoms with E-state index in [0.717, 1.165) is 13.3 Å². The van der Waals surface area contributed by atoms with Gasteiger partial charge in [-0.15, -0.1) is 0 Å². The smallest absolute Gasteiger partial charge is 0.421 e. The Hall–Kier alpha value is -0.670. The summed E-state index contributed by atoms with van der Waals surface area (Å²) in [5.41, 5.74) is -2.23. The van der Waals surface area contributed by atoms with Gasteiger partial charge in [-0.1, -0.05) is 0 Å². The fourth-order valence-corrected chi connectivity index (χ4v) is 1.80. The zero-order valence-electron chi connectivity index (χ0n) is 7.78. The van der Waals surface area contributed by atoms with E-state index >= 15 is 0 Å². The lowest BCUT2D eigenvalue weighted by atomic mass is 10.2. The molecule has 0 aliphatic rings. The van der Waals surface area contributed by atoms with E-state index in [2.05, 4.69) is 9.72 Å². The third kappa shape index (κ3) is 2.53. The SMILES string of the molecule is COc1c(C(F)F)ncc(I)c1C(F)(F)F. The molecule has 0 atom stereocenters. The predicted octanol–water partition coefficient (Wildman–Crippen LogP) is 3.65. The van der Waals surface area contributed by atoms with Gasteiger partial charge in [0.05, 0.1) is 7.11 Å². The Morgan fingerprint density at radius 3 is 2.31 bits per heavy atom. The van der Waals surface area contributed by atoms with Crippen LogP contribution in [0.4, 0.5) is 22.0 Å². The second kappa shape index (κ2) is 4.68. The number of methoxy groups -OCH3 is 1. The van der Waals surface area contributed by atoms with Crippen LogP contribution in [0.3, 0.4) is 0 Å². The zero-order chi connectivity index (χ0) is 12.5. The number of nitrogens with zero attached hydrogens (tertiary/aromatic N) is 1. The van der Waals surface area contributed by atoms with Crippen LogP contribution in [0.1, 0.15) is 17.7 Å². The van der Waals surface area contributed by atoms with E-state index in [1.807, 2.05) is 0 Å². The van der Waals surface area contributed by atoms with Gasteiger partial charge in [0, 0.05) is 9.77 Å². The topological polar surface area (TPSA) is 22.1 Å². The lowest BCUT2D eigenvalue weighted by Gasteiger charge is -2.15. The fourth-order valence-electron chi connectivity index (χ4n) is 1.11. The van der Waals surface area contributed by atoms with Gasteiger partial charge in [0.25, 0.3) is 6.43 Å². The van der Waals surface area contributed by atoms with Crippen LogP contribution in [-0.4, -0.2) is 12.1 Å². The van der Waals surface area contributed by atoms with Crippen molar-refractivity contribution >= 4 is 22.6 Å². The van der Waals surface area contributed by atoms with Gasteiger partial charge in [0.15, 0.2) is 5.75 Å². The van der Waals surface area contributed by atoms with Crippen molar-refractivity contribution < 1.29 is 26.7 Å². The van der Waals surface area contributed by atoms with Gasteiger partial charge in [-0.3, -0.25) is 4.98 Å². The third-order valence-electron chi connectivity index (χ3n) is 1.71. The summed E-state index contributed by atoms with van der Waals surface area (Å²) in [5.74, 6) is -0.922. The van der Waals surface area contributed by atoms with Gasteiger partial charge in [0.1, 0.15) is 11.3 Å². The summed E-state index contributed by atoms with van der Waals surface area (Å²) < 4.78 is 66.6. The Morgan fingerprint density at radius 1 is 1.38 bits per heavy atom. The van der Waals surface area contributed by atoms with Crippen molar-refractivity contribution in [3.63, 3.8) is 0 Å². The van der Waals surface area contributed by atoms with Gasteiger partial charge in [-0.25, -0.2) is 8.78 Å². The minimum Gasteiger partial charge on any atom is -0.494 e. The Labute approximate surface area is 101 Å². The highest BCUT2D eigenvalue weighted by Gasteiger charge is 2.39. The number of aromatic nitrogens is 1. The molecule has 0 N–H and O–H groups in total.